The SMILES string of the molecule is CCOC(=O)c1ccc(Oc2ccc3c(c2)COB3O)cc1OCC. The van der Waals surface area contributed by atoms with Crippen LogP contribution in [0.3, 0.4) is 0 Å². The molecule has 130 valence electrons. The summed E-state index contributed by atoms with van der Waals surface area (Å²) in [5.41, 5.74) is 2.00. The Kier molecular flexibility index (Phi) is 5.26. The van der Waals surface area contributed by atoms with Gasteiger partial charge in [0.05, 0.1) is 19.8 Å². The number of carbonyl (C=O) groups excluding carboxylic acids is 1. The summed E-state index contributed by atoms with van der Waals surface area (Å²) in [7, 11) is -0.877. The summed E-state index contributed by atoms with van der Waals surface area (Å²) < 4.78 is 21.6. The van der Waals surface area contributed by atoms with E-state index in [1.165, 1.54) is 0 Å². The number of benzene rings is 2. The average molecular weight is 342 g/mol. The fraction of sp³-hybridized carbons (Fsp3) is 0.278. The molecule has 2 aromatic rings. The molecule has 7 heteroatoms. The quantitative estimate of drug-likeness (QED) is 0.641. The van der Waals surface area contributed by atoms with Crippen LogP contribution >= 0.6 is 0 Å². The zero-order valence-electron chi connectivity index (χ0n) is 14.2. The van der Waals surface area contributed by atoms with Gasteiger partial charge in [0, 0.05) is 6.07 Å². The molecule has 1 aliphatic rings. The van der Waals surface area contributed by atoms with Crippen LogP contribution in [0.1, 0.15) is 29.8 Å². The average Bonchev–Trinajstić information content (AvgIpc) is 2.96. The molecule has 0 spiro atoms. The minimum Gasteiger partial charge on any atom is -0.493 e. The lowest BCUT2D eigenvalue weighted by molar-refractivity contribution is 0.0522. The Morgan fingerprint density at radius 3 is 2.68 bits per heavy atom. The molecule has 0 fully saturated rings. The minimum absolute atomic E-state index is 0.297. The van der Waals surface area contributed by atoms with Crippen molar-refractivity contribution in [2.45, 2.75) is 20.5 Å². The van der Waals surface area contributed by atoms with E-state index in [9.17, 15) is 9.82 Å². The summed E-state index contributed by atoms with van der Waals surface area (Å²) >= 11 is 0. The van der Waals surface area contributed by atoms with Crippen molar-refractivity contribution >= 4 is 18.6 Å². The second-order valence-electron chi connectivity index (χ2n) is 5.44. The summed E-state index contributed by atoms with van der Waals surface area (Å²) in [6.45, 7) is 4.66. The Morgan fingerprint density at radius 1 is 1.16 bits per heavy atom. The van der Waals surface area contributed by atoms with Gasteiger partial charge in [-0.25, -0.2) is 4.79 Å². The first-order chi connectivity index (χ1) is 12.1. The highest BCUT2D eigenvalue weighted by atomic mass is 16.5. The smallest absolute Gasteiger partial charge is 0.491 e. The van der Waals surface area contributed by atoms with Gasteiger partial charge in [0.15, 0.2) is 0 Å². The molecular weight excluding hydrogens is 323 g/mol. The van der Waals surface area contributed by atoms with Crippen LogP contribution in [0.4, 0.5) is 0 Å². The zero-order chi connectivity index (χ0) is 17.8. The van der Waals surface area contributed by atoms with Crippen molar-refractivity contribution < 1.29 is 28.7 Å². The number of ether oxygens (including phenoxy) is 3. The third-order valence-corrected chi connectivity index (χ3v) is 3.76. The molecule has 6 nitrogen and oxygen atoms in total. The minimum atomic E-state index is -0.877. The van der Waals surface area contributed by atoms with Gasteiger partial charge in [-0.15, -0.1) is 0 Å². The third-order valence-electron chi connectivity index (χ3n) is 3.76. The van der Waals surface area contributed by atoms with Crippen molar-refractivity contribution in [1.82, 2.24) is 0 Å². The molecule has 0 amide bonds. The van der Waals surface area contributed by atoms with Crippen molar-refractivity contribution in [2.24, 2.45) is 0 Å². The molecule has 25 heavy (non-hydrogen) atoms. The van der Waals surface area contributed by atoms with E-state index >= 15 is 0 Å². The standard InChI is InChI=1S/C18H19BO6/c1-3-22-17-10-14(5-7-15(17)18(20)23-4-2)25-13-6-8-16-12(9-13)11-24-19(16)21/h5-10,21H,3-4,11H2,1-2H3. The highest BCUT2D eigenvalue weighted by Crippen LogP contribution is 2.30. The summed E-state index contributed by atoms with van der Waals surface area (Å²) in [6, 6.07) is 10.3. The molecular formula is C18H19BO6. The first-order valence-electron chi connectivity index (χ1n) is 8.16. The second-order valence-corrected chi connectivity index (χ2v) is 5.44. The number of carbonyl (C=O) groups is 1. The van der Waals surface area contributed by atoms with E-state index in [0.717, 1.165) is 11.0 Å². The normalized spacial score (nSPS) is 12.7. The van der Waals surface area contributed by atoms with Crippen LogP contribution in [0.25, 0.3) is 0 Å². The molecule has 0 aliphatic carbocycles. The van der Waals surface area contributed by atoms with Gasteiger partial charge in [0.1, 0.15) is 22.8 Å². The van der Waals surface area contributed by atoms with E-state index in [4.69, 9.17) is 18.9 Å². The van der Waals surface area contributed by atoms with E-state index in [0.29, 0.717) is 42.6 Å². The van der Waals surface area contributed by atoms with Crippen LogP contribution in [-0.4, -0.2) is 31.3 Å². The number of fused-ring (bicyclic) bond motifs is 1. The second kappa shape index (κ2) is 7.59. The Hall–Kier alpha value is -2.51. The van der Waals surface area contributed by atoms with Gasteiger partial charge in [-0.05, 0) is 49.1 Å². The molecule has 0 unspecified atom stereocenters. The van der Waals surface area contributed by atoms with Gasteiger partial charge >= 0.3 is 13.1 Å². The van der Waals surface area contributed by atoms with Gasteiger partial charge in [0.25, 0.3) is 0 Å². The maximum atomic E-state index is 12.0. The maximum Gasteiger partial charge on any atom is 0.491 e. The maximum absolute atomic E-state index is 12.0. The predicted octanol–water partition coefficient (Wildman–Crippen LogP) is 2.27. The molecule has 0 saturated heterocycles. The molecule has 0 aromatic heterocycles. The van der Waals surface area contributed by atoms with E-state index in [-0.39, 0.29) is 0 Å². The van der Waals surface area contributed by atoms with Crippen molar-refractivity contribution in [3.8, 4) is 17.2 Å². The highest BCUT2D eigenvalue weighted by Gasteiger charge is 2.27. The van der Waals surface area contributed by atoms with Crippen LogP contribution in [-0.2, 0) is 16.0 Å². The molecule has 2 aromatic carbocycles. The molecule has 0 bridgehead atoms. The molecule has 3 rings (SSSR count). The molecule has 0 saturated carbocycles. The van der Waals surface area contributed by atoms with E-state index < -0.39 is 13.1 Å². The molecule has 1 aliphatic heterocycles. The number of hydrogen-bond acceptors (Lipinski definition) is 6. The van der Waals surface area contributed by atoms with Gasteiger partial charge < -0.3 is 23.9 Å². The van der Waals surface area contributed by atoms with Crippen molar-refractivity contribution in [2.75, 3.05) is 13.2 Å². The fourth-order valence-electron chi connectivity index (χ4n) is 2.62. The van der Waals surface area contributed by atoms with E-state index in [2.05, 4.69) is 0 Å². The van der Waals surface area contributed by atoms with Crippen molar-refractivity contribution in [3.63, 3.8) is 0 Å². The fourth-order valence-corrected chi connectivity index (χ4v) is 2.62. The number of hydrogen-bond donors (Lipinski definition) is 1. The van der Waals surface area contributed by atoms with Crippen LogP contribution in [0.5, 0.6) is 17.2 Å². The largest absolute Gasteiger partial charge is 0.493 e. The summed E-state index contributed by atoms with van der Waals surface area (Å²) in [5, 5.41) is 9.66. The Balaban J connectivity index is 1.83. The summed E-state index contributed by atoms with van der Waals surface area (Å²) in [4.78, 5) is 12.0. The van der Waals surface area contributed by atoms with Gasteiger partial charge in [-0.2, -0.15) is 0 Å². The lowest BCUT2D eigenvalue weighted by atomic mass is 9.80. The molecule has 0 radical (unpaired) electrons. The van der Waals surface area contributed by atoms with Crippen LogP contribution in [0.15, 0.2) is 36.4 Å². The third kappa shape index (κ3) is 3.78. The van der Waals surface area contributed by atoms with E-state index in [1.54, 1.807) is 37.3 Å². The topological polar surface area (TPSA) is 74.2 Å². The van der Waals surface area contributed by atoms with Gasteiger partial charge in [-0.1, -0.05) is 6.07 Å². The monoisotopic (exact) mass is 342 g/mol. The Labute approximate surface area is 146 Å². The first-order valence-corrected chi connectivity index (χ1v) is 8.16. The number of esters is 1. The lowest BCUT2D eigenvalue weighted by Gasteiger charge is -2.12. The first kappa shape index (κ1) is 17.3. The molecule has 1 N–H and O–H groups in total. The zero-order valence-corrected chi connectivity index (χ0v) is 14.2. The van der Waals surface area contributed by atoms with Crippen LogP contribution in [0.2, 0.25) is 0 Å². The van der Waals surface area contributed by atoms with Gasteiger partial charge in [-0.3, -0.25) is 0 Å². The van der Waals surface area contributed by atoms with Gasteiger partial charge in [0.2, 0.25) is 0 Å². The Bertz CT molecular complexity index is 776. The van der Waals surface area contributed by atoms with Crippen LogP contribution < -0.4 is 14.9 Å². The van der Waals surface area contributed by atoms with Crippen LogP contribution in [0, 0.1) is 0 Å². The van der Waals surface area contributed by atoms with Crippen molar-refractivity contribution in [3.05, 3.63) is 47.5 Å². The molecule has 1 heterocycles. The predicted molar refractivity (Wildman–Crippen MR) is 92.5 cm³/mol. The molecule has 0 atom stereocenters. The summed E-state index contributed by atoms with van der Waals surface area (Å²) in [6.07, 6.45) is 0. The lowest BCUT2D eigenvalue weighted by Crippen LogP contribution is -2.27. The highest BCUT2D eigenvalue weighted by molar-refractivity contribution is 6.61. The van der Waals surface area contributed by atoms with Crippen molar-refractivity contribution in [1.29, 1.82) is 0 Å². The van der Waals surface area contributed by atoms with E-state index in [1.807, 2.05) is 13.0 Å². The summed E-state index contributed by atoms with van der Waals surface area (Å²) in [5.74, 6) is 1.14. The number of rotatable bonds is 6. The Morgan fingerprint density at radius 2 is 1.92 bits per heavy atom.